The van der Waals surface area contributed by atoms with Gasteiger partial charge in [0.25, 0.3) is 0 Å². The Hall–Kier alpha value is -3.43. The molecule has 0 saturated carbocycles. The molecule has 5 rings (SSSR count). The van der Waals surface area contributed by atoms with E-state index in [1.54, 1.807) is 24.3 Å². The third kappa shape index (κ3) is 4.45. The zero-order valence-electron chi connectivity index (χ0n) is 23.7. The number of fused-ring (bicyclic) bond motifs is 1. The summed E-state index contributed by atoms with van der Waals surface area (Å²) >= 11 is 0. The molecule has 2 unspecified atom stereocenters. The molecule has 3 aliphatic heterocycles. The number of amides is 3. The molecule has 3 aliphatic rings. The first kappa shape index (κ1) is 28.1. The number of nitrogens with zero attached hydrogens (tertiary/aromatic N) is 1. The van der Waals surface area contributed by atoms with Crippen LogP contribution in [0.2, 0.25) is 0 Å². The lowest BCUT2D eigenvalue weighted by molar-refractivity contribution is -0.144. The van der Waals surface area contributed by atoms with Crippen LogP contribution >= 0.6 is 0 Å². The Kier molecular flexibility index (Phi) is 7.63. The number of ether oxygens (including phenoxy) is 2. The van der Waals surface area contributed by atoms with Gasteiger partial charge in [-0.05, 0) is 81.8 Å². The van der Waals surface area contributed by atoms with Crippen LogP contribution in [-0.2, 0) is 19.1 Å². The number of benzene rings is 2. The molecule has 9 nitrogen and oxygen atoms in total. The van der Waals surface area contributed by atoms with Crippen molar-refractivity contribution < 1.29 is 29.0 Å². The molecule has 40 heavy (non-hydrogen) atoms. The summed E-state index contributed by atoms with van der Waals surface area (Å²) in [6.07, 6.45) is 1.95. The number of para-hydroxylation sites is 1. The van der Waals surface area contributed by atoms with Crippen molar-refractivity contribution in [3.63, 3.8) is 0 Å². The van der Waals surface area contributed by atoms with Crippen molar-refractivity contribution in [1.29, 1.82) is 0 Å². The summed E-state index contributed by atoms with van der Waals surface area (Å²) < 4.78 is 12.3. The van der Waals surface area contributed by atoms with Gasteiger partial charge in [-0.15, -0.1) is 0 Å². The fourth-order valence-electron chi connectivity index (χ4n) is 7.12. The number of nitrogens with one attached hydrogen (secondary N) is 2. The molecule has 9 heteroatoms. The van der Waals surface area contributed by atoms with Gasteiger partial charge in [0, 0.05) is 24.5 Å². The second kappa shape index (κ2) is 10.9. The van der Waals surface area contributed by atoms with Crippen molar-refractivity contribution in [2.75, 3.05) is 30.4 Å². The van der Waals surface area contributed by atoms with Crippen molar-refractivity contribution in [1.82, 2.24) is 4.90 Å². The normalized spacial score (nSPS) is 28.5. The van der Waals surface area contributed by atoms with E-state index in [-0.39, 0.29) is 30.9 Å². The van der Waals surface area contributed by atoms with Crippen molar-refractivity contribution >= 4 is 29.1 Å². The predicted octanol–water partition coefficient (Wildman–Crippen LogP) is 3.82. The van der Waals surface area contributed by atoms with E-state index in [1.165, 1.54) is 4.90 Å². The van der Waals surface area contributed by atoms with Crippen LogP contribution in [0.5, 0.6) is 5.75 Å². The molecule has 3 fully saturated rings. The molecule has 0 aliphatic carbocycles. The molecule has 0 aromatic heterocycles. The van der Waals surface area contributed by atoms with E-state index in [9.17, 15) is 19.5 Å². The zero-order chi connectivity index (χ0) is 28.7. The molecule has 3 amide bonds. The van der Waals surface area contributed by atoms with E-state index < -0.39 is 29.1 Å². The van der Waals surface area contributed by atoms with Gasteiger partial charge in [0.2, 0.25) is 17.7 Å². The number of anilines is 2. The SMILES string of the molecule is CCOc1ccc(NC(=O)[C@H]2[C@H]3C(=O)N(CCCO)C(C(=O)Nc4c(C)cccc4C)C34CC[C@]2(CC)O4)cc1. The van der Waals surface area contributed by atoms with Gasteiger partial charge in [0.1, 0.15) is 17.4 Å². The van der Waals surface area contributed by atoms with Crippen LogP contribution in [0.1, 0.15) is 50.7 Å². The maximum absolute atomic E-state index is 14.1. The van der Waals surface area contributed by atoms with Crippen molar-refractivity contribution in [2.24, 2.45) is 11.8 Å². The van der Waals surface area contributed by atoms with E-state index in [4.69, 9.17) is 9.47 Å². The minimum absolute atomic E-state index is 0.117. The lowest BCUT2D eigenvalue weighted by atomic mass is 9.65. The summed E-state index contributed by atoms with van der Waals surface area (Å²) in [4.78, 5) is 43.6. The molecule has 3 N–H and O–H groups in total. The summed E-state index contributed by atoms with van der Waals surface area (Å²) in [6, 6.07) is 12.0. The Morgan fingerprint density at radius 2 is 1.75 bits per heavy atom. The Morgan fingerprint density at radius 1 is 1.05 bits per heavy atom. The maximum atomic E-state index is 14.1. The van der Waals surface area contributed by atoms with E-state index in [1.807, 2.05) is 45.9 Å². The standard InChI is InChI=1S/C31H39N3O6/c1-5-30-15-16-31(40-30)24(23(30)27(36)32-21-11-13-22(14-12-21)39-6-2)29(38)34(17-8-18-35)26(31)28(37)33-25-19(3)9-7-10-20(25)4/h7,9-14,23-24,26,35H,5-6,8,15-18H2,1-4H3,(H,32,36)(H,33,37)/t23-,24+,26?,30+,31?/m1/s1. The second-order valence-corrected chi connectivity index (χ2v) is 11.1. The average molecular weight is 550 g/mol. The Labute approximate surface area is 235 Å². The molecule has 2 bridgehead atoms. The smallest absolute Gasteiger partial charge is 0.250 e. The number of carbonyl (C=O) groups is 3. The number of hydrogen-bond donors (Lipinski definition) is 3. The van der Waals surface area contributed by atoms with E-state index in [0.717, 1.165) is 11.1 Å². The van der Waals surface area contributed by atoms with E-state index in [2.05, 4.69) is 10.6 Å². The molecule has 1 spiro atoms. The number of aryl methyl sites for hydroxylation is 2. The van der Waals surface area contributed by atoms with Crippen molar-refractivity contribution in [2.45, 2.75) is 70.6 Å². The lowest BCUT2D eigenvalue weighted by Gasteiger charge is -2.34. The Balaban J connectivity index is 1.49. The number of carbonyl (C=O) groups excluding carboxylic acids is 3. The van der Waals surface area contributed by atoms with E-state index >= 15 is 0 Å². The van der Waals surface area contributed by atoms with Crippen molar-refractivity contribution in [3.8, 4) is 5.75 Å². The Bertz CT molecular complexity index is 1280. The number of hydrogen-bond acceptors (Lipinski definition) is 6. The predicted molar refractivity (Wildman–Crippen MR) is 151 cm³/mol. The number of likely N-dealkylation sites (tertiary alicyclic amines) is 1. The quantitative estimate of drug-likeness (QED) is 0.415. The number of rotatable bonds is 10. The van der Waals surface area contributed by atoms with E-state index in [0.29, 0.717) is 49.4 Å². The van der Waals surface area contributed by atoms with Gasteiger partial charge < -0.3 is 30.1 Å². The van der Waals surface area contributed by atoms with Gasteiger partial charge >= 0.3 is 0 Å². The van der Waals surface area contributed by atoms with Crippen LogP contribution < -0.4 is 15.4 Å². The van der Waals surface area contributed by atoms with Gasteiger partial charge in [0.15, 0.2) is 0 Å². The highest BCUT2D eigenvalue weighted by atomic mass is 16.5. The highest BCUT2D eigenvalue weighted by Gasteiger charge is 2.78. The van der Waals surface area contributed by atoms with Gasteiger partial charge in [-0.25, -0.2) is 0 Å². The fraction of sp³-hybridized carbons (Fsp3) is 0.516. The van der Waals surface area contributed by atoms with Crippen LogP contribution in [0.3, 0.4) is 0 Å². The summed E-state index contributed by atoms with van der Waals surface area (Å²) in [7, 11) is 0. The van der Waals surface area contributed by atoms with Gasteiger partial charge in [-0.3, -0.25) is 14.4 Å². The molecule has 5 atom stereocenters. The fourth-order valence-corrected chi connectivity index (χ4v) is 7.12. The minimum Gasteiger partial charge on any atom is -0.494 e. The molecule has 0 radical (unpaired) electrons. The van der Waals surface area contributed by atoms with Crippen LogP contribution in [-0.4, -0.2) is 64.7 Å². The van der Waals surface area contributed by atoms with Gasteiger partial charge in [-0.1, -0.05) is 25.1 Å². The van der Waals surface area contributed by atoms with Crippen LogP contribution in [0.15, 0.2) is 42.5 Å². The number of aliphatic hydroxyl groups excluding tert-OH is 1. The van der Waals surface area contributed by atoms with Gasteiger partial charge in [-0.2, -0.15) is 0 Å². The van der Waals surface area contributed by atoms with Crippen LogP contribution in [0.4, 0.5) is 11.4 Å². The summed E-state index contributed by atoms with van der Waals surface area (Å²) in [5.74, 6) is -1.72. The van der Waals surface area contributed by atoms with Crippen LogP contribution in [0, 0.1) is 25.7 Å². The highest BCUT2D eigenvalue weighted by molar-refractivity contribution is 6.05. The topological polar surface area (TPSA) is 117 Å². The molecule has 2 aromatic carbocycles. The monoisotopic (exact) mass is 549 g/mol. The summed E-state index contributed by atoms with van der Waals surface area (Å²) in [5, 5.41) is 15.7. The largest absolute Gasteiger partial charge is 0.494 e. The minimum atomic E-state index is -1.12. The first-order valence-electron chi connectivity index (χ1n) is 14.2. The highest BCUT2D eigenvalue weighted by Crippen LogP contribution is 2.64. The van der Waals surface area contributed by atoms with Gasteiger partial charge in [0.05, 0.1) is 24.0 Å². The van der Waals surface area contributed by atoms with Crippen LogP contribution in [0.25, 0.3) is 0 Å². The zero-order valence-corrected chi connectivity index (χ0v) is 23.7. The first-order valence-corrected chi connectivity index (χ1v) is 14.2. The first-order chi connectivity index (χ1) is 19.2. The third-order valence-electron chi connectivity index (χ3n) is 8.93. The molecular weight excluding hydrogens is 510 g/mol. The second-order valence-electron chi connectivity index (χ2n) is 11.1. The van der Waals surface area contributed by atoms with Crippen molar-refractivity contribution in [3.05, 3.63) is 53.6 Å². The Morgan fingerprint density at radius 3 is 2.38 bits per heavy atom. The lowest BCUT2D eigenvalue weighted by Crippen LogP contribution is -2.53. The summed E-state index contributed by atoms with van der Waals surface area (Å²) in [6.45, 7) is 8.36. The average Bonchev–Trinajstić information content (AvgIpc) is 3.54. The molecule has 214 valence electrons. The molecular formula is C31H39N3O6. The molecule has 3 heterocycles. The third-order valence-corrected chi connectivity index (χ3v) is 8.93. The number of aliphatic hydroxyl groups is 1. The maximum Gasteiger partial charge on any atom is 0.250 e. The summed E-state index contributed by atoms with van der Waals surface area (Å²) in [5.41, 5.74) is 1.19. The molecule has 3 saturated heterocycles. The molecule has 2 aromatic rings.